The van der Waals surface area contributed by atoms with Gasteiger partial charge < -0.3 is 10.2 Å². The number of piperidine rings is 1. The van der Waals surface area contributed by atoms with Crippen LogP contribution in [0.15, 0.2) is 24.4 Å². The number of nitrogens with zero attached hydrogens (tertiary/aromatic N) is 3. The Morgan fingerprint density at radius 1 is 1.36 bits per heavy atom. The van der Waals surface area contributed by atoms with Crippen LogP contribution in [0.2, 0.25) is 0 Å². The lowest BCUT2D eigenvalue weighted by Gasteiger charge is -2.40. The standard InChI is InChI=1S/C19H28N4O2/c1-14(2)23-17(24)19(3,21-18(23)25)15-7-6-11-22(13-15)12-9-16-8-4-5-10-20-16/h4-5,8,10,14-15H,6-7,9,11-13H2,1-3H3,(H,21,25)/t15-,19-/m0/s1. The summed E-state index contributed by atoms with van der Waals surface area (Å²) in [5.74, 6) is 0.0641. The number of hydrogen-bond acceptors (Lipinski definition) is 4. The van der Waals surface area contributed by atoms with Gasteiger partial charge in [-0.25, -0.2) is 4.79 Å². The molecular formula is C19H28N4O2. The third kappa shape index (κ3) is 3.54. The fourth-order valence-electron chi connectivity index (χ4n) is 3.97. The van der Waals surface area contributed by atoms with Gasteiger partial charge >= 0.3 is 6.03 Å². The molecule has 3 heterocycles. The van der Waals surface area contributed by atoms with Crippen molar-refractivity contribution in [3.8, 4) is 0 Å². The Hall–Kier alpha value is -1.95. The van der Waals surface area contributed by atoms with Crippen LogP contribution in [-0.2, 0) is 11.2 Å². The fourth-order valence-corrected chi connectivity index (χ4v) is 3.97. The molecule has 6 heteroatoms. The van der Waals surface area contributed by atoms with E-state index in [-0.39, 0.29) is 23.9 Å². The van der Waals surface area contributed by atoms with E-state index in [0.29, 0.717) is 0 Å². The van der Waals surface area contributed by atoms with Gasteiger partial charge in [0.25, 0.3) is 5.91 Å². The largest absolute Gasteiger partial charge is 0.325 e. The van der Waals surface area contributed by atoms with Gasteiger partial charge in [-0.05, 0) is 52.3 Å². The minimum absolute atomic E-state index is 0.0796. The number of aromatic nitrogens is 1. The number of urea groups is 1. The highest BCUT2D eigenvalue weighted by Gasteiger charge is 2.53. The van der Waals surface area contributed by atoms with E-state index < -0.39 is 5.54 Å². The molecule has 0 radical (unpaired) electrons. The van der Waals surface area contributed by atoms with E-state index in [1.165, 1.54) is 4.90 Å². The predicted octanol–water partition coefficient (Wildman–Crippen LogP) is 2.05. The predicted molar refractivity (Wildman–Crippen MR) is 96.0 cm³/mol. The lowest BCUT2D eigenvalue weighted by atomic mass is 9.79. The van der Waals surface area contributed by atoms with Crippen molar-refractivity contribution < 1.29 is 9.59 Å². The first-order valence-electron chi connectivity index (χ1n) is 9.20. The van der Waals surface area contributed by atoms with E-state index in [9.17, 15) is 9.59 Å². The molecule has 1 aromatic rings. The molecule has 2 aliphatic rings. The first kappa shape index (κ1) is 17.9. The van der Waals surface area contributed by atoms with Gasteiger partial charge in [-0.15, -0.1) is 0 Å². The first-order valence-corrected chi connectivity index (χ1v) is 9.20. The Kier molecular flexibility index (Phi) is 5.08. The van der Waals surface area contributed by atoms with Crippen LogP contribution in [0.5, 0.6) is 0 Å². The average Bonchev–Trinajstić information content (AvgIpc) is 2.84. The van der Waals surface area contributed by atoms with Crippen molar-refractivity contribution in [2.24, 2.45) is 5.92 Å². The van der Waals surface area contributed by atoms with Crippen molar-refractivity contribution in [3.63, 3.8) is 0 Å². The van der Waals surface area contributed by atoms with Crippen LogP contribution in [-0.4, -0.2) is 57.9 Å². The molecule has 0 saturated carbocycles. The summed E-state index contributed by atoms with van der Waals surface area (Å²) in [5, 5.41) is 2.97. The molecule has 0 aromatic carbocycles. The molecule has 25 heavy (non-hydrogen) atoms. The maximum absolute atomic E-state index is 12.9. The summed E-state index contributed by atoms with van der Waals surface area (Å²) in [4.78, 5) is 33.3. The van der Waals surface area contributed by atoms with E-state index in [1.807, 2.05) is 45.2 Å². The number of amides is 3. The van der Waals surface area contributed by atoms with E-state index in [2.05, 4.69) is 15.2 Å². The van der Waals surface area contributed by atoms with Gasteiger partial charge in [0.05, 0.1) is 0 Å². The number of carbonyl (C=O) groups is 2. The lowest BCUT2D eigenvalue weighted by molar-refractivity contribution is -0.134. The Morgan fingerprint density at radius 2 is 2.16 bits per heavy atom. The van der Waals surface area contributed by atoms with Gasteiger partial charge in [-0.1, -0.05) is 6.07 Å². The number of imide groups is 1. The molecule has 6 nitrogen and oxygen atoms in total. The van der Waals surface area contributed by atoms with E-state index in [1.54, 1.807) is 0 Å². The van der Waals surface area contributed by atoms with Crippen molar-refractivity contribution in [2.45, 2.75) is 51.6 Å². The van der Waals surface area contributed by atoms with Gasteiger partial charge in [0.1, 0.15) is 5.54 Å². The molecular weight excluding hydrogens is 316 g/mol. The van der Waals surface area contributed by atoms with Gasteiger partial charge in [-0.2, -0.15) is 0 Å². The van der Waals surface area contributed by atoms with Crippen molar-refractivity contribution >= 4 is 11.9 Å². The number of nitrogens with one attached hydrogen (secondary N) is 1. The summed E-state index contributed by atoms with van der Waals surface area (Å²) < 4.78 is 0. The maximum atomic E-state index is 12.9. The number of hydrogen-bond donors (Lipinski definition) is 1. The molecule has 1 aromatic heterocycles. The summed E-state index contributed by atoms with van der Waals surface area (Å²) >= 11 is 0. The summed E-state index contributed by atoms with van der Waals surface area (Å²) in [7, 11) is 0. The minimum atomic E-state index is -0.787. The number of carbonyl (C=O) groups excluding carboxylic acids is 2. The lowest BCUT2D eigenvalue weighted by Crippen LogP contribution is -2.56. The molecule has 136 valence electrons. The minimum Gasteiger partial charge on any atom is -0.323 e. The summed E-state index contributed by atoms with van der Waals surface area (Å²) in [6.45, 7) is 8.45. The van der Waals surface area contributed by atoms with Crippen LogP contribution in [0.4, 0.5) is 4.79 Å². The van der Waals surface area contributed by atoms with Crippen LogP contribution >= 0.6 is 0 Å². The molecule has 3 rings (SSSR count). The second-order valence-corrected chi connectivity index (χ2v) is 7.61. The summed E-state index contributed by atoms with van der Waals surface area (Å²) in [6, 6.07) is 5.61. The highest BCUT2D eigenvalue weighted by molar-refractivity contribution is 6.07. The Bertz CT molecular complexity index is 634. The smallest absolute Gasteiger partial charge is 0.323 e. The fraction of sp³-hybridized carbons (Fsp3) is 0.632. The Balaban J connectivity index is 1.65. The maximum Gasteiger partial charge on any atom is 0.325 e. The third-order valence-electron chi connectivity index (χ3n) is 5.50. The molecule has 2 aliphatic heterocycles. The van der Waals surface area contributed by atoms with E-state index in [4.69, 9.17) is 0 Å². The zero-order valence-electron chi connectivity index (χ0n) is 15.4. The molecule has 1 N–H and O–H groups in total. The Morgan fingerprint density at radius 3 is 2.80 bits per heavy atom. The highest BCUT2D eigenvalue weighted by Crippen LogP contribution is 2.33. The Labute approximate surface area is 149 Å². The molecule has 0 bridgehead atoms. The molecule has 3 amide bonds. The van der Waals surface area contributed by atoms with Gasteiger partial charge in [0.15, 0.2) is 0 Å². The molecule has 0 aliphatic carbocycles. The van der Waals surface area contributed by atoms with E-state index >= 15 is 0 Å². The van der Waals surface area contributed by atoms with Crippen molar-refractivity contribution in [3.05, 3.63) is 30.1 Å². The quantitative estimate of drug-likeness (QED) is 0.831. The monoisotopic (exact) mass is 344 g/mol. The van der Waals surface area contributed by atoms with Gasteiger partial charge in [-0.3, -0.25) is 14.7 Å². The average molecular weight is 344 g/mol. The second-order valence-electron chi connectivity index (χ2n) is 7.61. The molecule has 2 saturated heterocycles. The zero-order valence-corrected chi connectivity index (χ0v) is 15.4. The van der Waals surface area contributed by atoms with Crippen molar-refractivity contribution in [1.29, 1.82) is 0 Å². The van der Waals surface area contributed by atoms with Crippen LogP contribution < -0.4 is 5.32 Å². The van der Waals surface area contributed by atoms with Gasteiger partial charge in [0.2, 0.25) is 0 Å². The second kappa shape index (κ2) is 7.12. The number of likely N-dealkylation sites (tertiary alicyclic amines) is 1. The summed E-state index contributed by atoms with van der Waals surface area (Å²) in [5.41, 5.74) is 0.303. The van der Waals surface area contributed by atoms with E-state index in [0.717, 1.165) is 44.6 Å². The molecule has 2 fully saturated rings. The van der Waals surface area contributed by atoms with Crippen LogP contribution in [0.25, 0.3) is 0 Å². The summed E-state index contributed by atoms with van der Waals surface area (Å²) in [6.07, 6.45) is 4.74. The zero-order chi connectivity index (χ0) is 18.0. The SMILES string of the molecule is CC(C)N1C(=O)N[C@@](C)([C@H]2CCCN(CCc3ccccn3)C2)C1=O. The molecule has 0 unspecified atom stereocenters. The van der Waals surface area contributed by atoms with Gasteiger partial charge in [0, 0.05) is 43.4 Å². The molecule has 2 atom stereocenters. The van der Waals surface area contributed by atoms with Crippen molar-refractivity contribution in [2.75, 3.05) is 19.6 Å². The topological polar surface area (TPSA) is 65.5 Å². The normalized spacial score (nSPS) is 27.8. The van der Waals surface area contributed by atoms with Crippen LogP contribution in [0.3, 0.4) is 0 Å². The molecule has 0 spiro atoms. The first-order chi connectivity index (χ1) is 11.9. The van der Waals surface area contributed by atoms with Crippen LogP contribution in [0, 0.1) is 5.92 Å². The van der Waals surface area contributed by atoms with Crippen LogP contribution in [0.1, 0.15) is 39.3 Å². The number of pyridine rings is 1. The van der Waals surface area contributed by atoms with Crippen molar-refractivity contribution in [1.82, 2.24) is 20.1 Å². The third-order valence-corrected chi connectivity index (χ3v) is 5.50. The highest BCUT2D eigenvalue weighted by atomic mass is 16.2. The number of rotatable bonds is 5.